The van der Waals surface area contributed by atoms with Crippen molar-refractivity contribution < 1.29 is 4.74 Å². The molecule has 0 amide bonds. The number of ether oxygens (including phenoxy) is 1. The average Bonchev–Trinajstić information content (AvgIpc) is 2.82. The number of allylic oxidation sites excluding steroid dienone is 1. The second kappa shape index (κ2) is 8.77. The molecule has 0 aromatic heterocycles. The third kappa shape index (κ3) is 4.15. The summed E-state index contributed by atoms with van der Waals surface area (Å²) in [5.41, 5.74) is 5.78. The molecule has 0 aliphatic carbocycles. The van der Waals surface area contributed by atoms with Crippen LogP contribution in [0.2, 0.25) is 0 Å². The molecule has 3 heteroatoms. The molecule has 4 aromatic carbocycles. The zero-order valence-electron chi connectivity index (χ0n) is 18.0. The van der Waals surface area contributed by atoms with Gasteiger partial charge in [-0.15, -0.1) is 0 Å². The van der Waals surface area contributed by atoms with Gasteiger partial charge >= 0.3 is 0 Å². The highest BCUT2D eigenvalue weighted by Gasteiger charge is 2.10. The predicted octanol–water partition coefficient (Wildman–Crippen LogP) is 6.65. The molecular weight excluding hydrogens is 380 g/mol. The molecule has 0 heterocycles. The van der Waals surface area contributed by atoms with Crippen LogP contribution < -0.4 is 9.64 Å². The van der Waals surface area contributed by atoms with Crippen LogP contribution in [-0.2, 0) is 0 Å². The molecule has 0 bridgehead atoms. The summed E-state index contributed by atoms with van der Waals surface area (Å²) in [6, 6.07) is 31.0. The second-order valence-electron chi connectivity index (χ2n) is 7.60. The molecule has 31 heavy (non-hydrogen) atoms. The Kier molecular flexibility index (Phi) is 5.73. The Bertz CT molecular complexity index is 1280. The Morgan fingerprint density at radius 2 is 1.58 bits per heavy atom. The van der Waals surface area contributed by atoms with Gasteiger partial charge in [-0.25, -0.2) is 0 Å². The Balaban J connectivity index is 1.73. The first-order chi connectivity index (χ1) is 15.1. The first-order valence-corrected chi connectivity index (χ1v) is 10.2. The van der Waals surface area contributed by atoms with E-state index in [2.05, 4.69) is 59.5 Å². The number of hydrogen-bond acceptors (Lipinski definition) is 3. The highest BCUT2D eigenvalue weighted by molar-refractivity contribution is 5.98. The van der Waals surface area contributed by atoms with Gasteiger partial charge in [0.05, 0.1) is 18.8 Å². The van der Waals surface area contributed by atoms with E-state index in [0.717, 1.165) is 44.5 Å². The molecule has 0 fully saturated rings. The zero-order chi connectivity index (χ0) is 21.8. The third-order valence-electron chi connectivity index (χ3n) is 5.43. The number of anilines is 1. The lowest BCUT2D eigenvalue weighted by atomic mass is 9.98. The van der Waals surface area contributed by atoms with Gasteiger partial charge in [-0.1, -0.05) is 66.7 Å². The summed E-state index contributed by atoms with van der Waals surface area (Å²) >= 11 is 0. The van der Waals surface area contributed by atoms with Gasteiger partial charge in [0.15, 0.2) is 0 Å². The molecule has 0 aliphatic rings. The summed E-state index contributed by atoms with van der Waals surface area (Å²) < 4.78 is 5.75. The molecule has 0 aliphatic heterocycles. The minimum atomic E-state index is 0.599. The van der Waals surface area contributed by atoms with E-state index in [4.69, 9.17) is 4.74 Å². The fourth-order valence-corrected chi connectivity index (χ4v) is 3.73. The normalized spacial score (nSPS) is 11.2. The van der Waals surface area contributed by atoms with Crippen LogP contribution in [0.4, 0.5) is 5.69 Å². The number of nitrogens with zero attached hydrogens (tertiary/aromatic N) is 2. The lowest BCUT2D eigenvalue weighted by Crippen LogP contribution is -2.08. The molecule has 0 atom stereocenters. The second-order valence-corrected chi connectivity index (χ2v) is 7.60. The summed E-state index contributed by atoms with van der Waals surface area (Å²) in [4.78, 5) is 2.08. The van der Waals surface area contributed by atoms with Crippen LogP contribution in [0.5, 0.6) is 5.75 Å². The van der Waals surface area contributed by atoms with E-state index >= 15 is 0 Å². The molecule has 152 valence electrons. The van der Waals surface area contributed by atoms with Gasteiger partial charge in [0.2, 0.25) is 0 Å². The maximum absolute atomic E-state index is 9.84. The number of rotatable bonds is 5. The molecule has 0 N–H and O–H groups in total. The minimum absolute atomic E-state index is 0.599. The zero-order valence-corrected chi connectivity index (χ0v) is 18.0. The molecule has 4 aromatic rings. The van der Waals surface area contributed by atoms with Crippen molar-refractivity contribution >= 4 is 28.1 Å². The number of nitriles is 1. The third-order valence-corrected chi connectivity index (χ3v) is 5.43. The quantitative estimate of drug-likeness (QED) is 0.276. The lowest BCUT2D eigenvalue weighted by Gasteiger charge is -2.15. The highest BCUT2D eigenvalue weighted by atomic mass is 16.5. The van der Waals surface area contributed by atoms with Crippen molar-refractivity contribution in [3.8, 4) is 22.9 Å². The molecule has 0 unspecified atom stereocenters. The van der Waals surface area contributed by atoms with Gasteiger partial charge in [-0.2, -0.15) is 5.26 Å². The van der Waals surface area contributed by atoms with Crippen molar-refractivity contribution in [2.24, 2.45) is 0 Å². The van der Waals surface area contributed by atoms with Crippen LogP contribution >= 0.6 is 0 Å². The number of hydrogen-bond donors (Lipinski definition) is 0. The summed E-state index contributed by atoms with van der Waals surface area (Å²) in [6.45, 7) is 0. The van der Waals surface area contributed by atoms with Crippen molar-refractivity contribution in [1.29, 1.82) is 5.26 Å². The summed E-state index contributed by atoms with van der Waals surface area (Å²) in [5, 5.41) is 12.0. The van der Waals surface area contributed by atoms with Gasteiger partial charge in [-0.3, -0.25) is 0 Å². The van der Waals surface area contributed by atoms with Crippen molar-refractivity contribution in [3.63, 3.8) is 0 Å². The molecule has 0 saturated heterocycles. The Morgan fingerprint density at radius 1 is 0.871 bits per heavy atom. The maximum atomic E-state index is 9.84. The molecular formula is C28H24N2O. The molecule has 0 saturated carbocycles. The van der Waals surface area contributed by atoms with Gasteiger partial charge in [-0.05, 0) is 46.4 Å². The van der Waals surface area contributed by atoms with Gasteiger partial charge < -0.3 is 9.64 Å². The molecule has 4 rings (SSSR count). The first kappa shape index (κ1) is 20.3. The van der Waals surface area contributed by atoms with E-state index in [1.807, 2.05) is 56.6 Å². The monoisotopic (exact) mass is 404 g/mol. The van der Waals surface area contributed by atoms with E-state index < -0.39 is 0 Å². The smallest absolute Gasteiger partial charge is 0.133 e. The number of methoxy groups -OCH3 is 1. The minimum Gasteiger partial charge on any atom is -0.495 e. The van der Waals surface area contributed by atoms with E-state index in [9.17, 15) is 5.26 Å². The van der Waals surface area contributed by atoms with Crippen molar-refractivity contribution in [3.05, 3.63) is 96.1 Å². The van der Waals surface area contributed by atoms with Crippen LogP contribution in [0.3, 0.4) is 0 Å². The van der Waals surface area contributed by atoms with Crippen LogP contribution in [-0.4, -0.2) is 21.2 Å². The maximum Gasteiger partial charge on any atom is 0.133 e. The van der Waals surface area contributed by atoms with Crippen LogP contribution in [0.1, 0.15) is 11.1 Å². The van der Waals surface area contributed by atoms with E-state index in [0.29, 0.717) is 5.57 Å². The number of benzene rings is 4. The standard InChI is InChI=1S/C28H24N2O/c1-30(2)26-15-16-27-23(18-26)13-14-24(28(27)31-3)17-25(19-29)22-11-9-21(10-12-22)20-7-5-4-6-8-20/h4-18H,1-3H3/b25-17+. The lowest BCUT2D eigenvalue weighted by molar-refractivity contribution is 0.419. The van der Waals surface area contributed by atoms with Gasteiger partial charge in [0.1, 0.15) is 5.75 Å². The van der Waals surface area contributed by atoms with E-state index in [-0.39, 0.29) is 0 Å². The predicted molar refractivity (Wildman–Crippen MR) is 130 cm³/mol. The summed E-state index contributed by atoms with van der Waals surface area (Å²) in [7, 11) is 5.72. The summed E-state index contributed by atoms with van der Waals surface area (Å²) in [5.74, 6) is 0.775. The summed E-state index contributed by atoms with van der Waals surface area (Å²) in [6.07, 6.45) is 1.90. The Morgan fingerprint density at radius 3 is 2.23 bits per heavy atom. The average molecular weight is 405 g/mol. The fourth-order valence-electron chi connectivity index (χ4n) is 3.73. The fraction of sp³-hybridized carbons (Fsp3) is 0.107. The van der Waals surface area contributed by atoms with Gasteiger partial charge in [0.25, 0.3) is 0 Å². The Labute approximate surface area is 183 Å². The number of fused-ring (bicyclic) bond motifs is 1. The molecule has 0 radical (unpaired) electrons. The Hall–Kier alpha value is -4.03. The SMILES string of the molecule is COc1c(/C=C(\C#N)c2ccc(-c3ccccc3)cc2)ccc2cc(N(C)C)ccc12. The molecule has 0 spiro atoms. The highest BCUT2D eigenvalue weighted by Crippen LogP contribution is 2.34. The molecule has 3 nitrogen and oxygen atoms in total. The van der Waals surface area contributed by atoms with E-state index in [1.54, 1.807) is 7.11 Å². The van der Waals surface area contributed by atoms with Crippen molar-refractivity contribution in [1.82, 2.24) is 0 Å². The largest absolute Gasteiger partial charge is 0.495 e. The first-order valence-electron chi connectivity index (χ1n) is 10.2. The van der Waals surface area contributed by atoms with Crippen LogP contribution in [0.15, 0.2) is 84.9 Å². The topological polar surface area (TPSA) is 36.3 Å². The van der Waals surface area contributed by atoms with Crippen LogP contribution in [0.25, 0.3) is 33.5 Å². The van der Waals surface area contributed by atoms with Crippen molar-refractivity contribution in [2.75, 3.05) is 26.1 Å². The van der Waals surface area contributed by atoms with Crippen LogP contribution in [0, 0.1) is 11.3 Å². The van der Waals surface area contributed by atoms with Gasteiger partial charge in [0, 0.05) is 30.7 Å². The van der Waals surface area contributed by atoms with E-state index in [1.165, 1.54) is 0 Å². The van der Waals surface area contributed by atoms with Crippen molar-refractivity contribution in [2.45, 2.75) is 0 Å².